The summed E-state index contributed by atoms with van der Waals surface area (Å²) in [7, 11) is 3.63. The molecule has 0 amide bonds. The largest absolute Gasteiger partial charge is 0.496 e. The average Bonchev–Trinajstić information content (AvgIpc) is 2.89. The Labute approximate surface area is 112 Å². The minimum Gasteiger partial charge on any atom is -0.496 e. The molecule has 3 nitrogen and oxygen atoms in total. The molecular weight excluding hydrogens is 244 g/mol. The molecule has 96 valence electrons. The molecule has 0 spiro atoms. The van der Waals surface area contributed by atoms with Crippen LogP contribution in [0.5, 0.6) is 5.75 Å². The van der Waals surface area contributed by atoms with Crippen LogP contribution in [0.25, 0.3) is 10.6 Å². The zero-order chi connectivity index (χ0) is 13.2. The van der Waals surface area contributed by atoms with E-state index in [0.29, 0.717) is 0 Å². The van der Waals surface area contributed by atoms with Gasteiger partial charge in [-0.25, -0.2) is 4.98 Å². The van der Waals surface area contributed by atoms with Crippen molar-refractivity contribution in [3.63, 3.8) is 0 Å². The van der Waals surface area contributed by atoms with Crippen molar-refractivity contribution >= 4 is 11.3 Å². The second-order valence-corrected chi connectivity index (χ2v) is 5.47. The number of nitrogens with one attached hydrogen (secondary N) is 1. The molecule has 1 heterocycles. The highest BCUT2D eigenvalue weighted by Gasteiger charge is 2.22. The Morgan fingerprint density at radius 1 is 1.28 bits per heavy atom. The Morgan fingerprint density at radius 2 is 2.00 bits per heavy atom. The molecule has 0 aliphatic rings. The van der Waals surface area contributed by atoms with Crippen LogP contribution in [-0.4, -0.2) is 19.1 Å². The summed E-state index contributed by atoms with van der Waals surface area (Å²) in [5, 5.41) is 6.35. The Morgan fingerprint density at radius 3 is 2.67 bits per heavy atom. The Bertz CT molecular complexity index is 534. The quantitative estimate of drug-likeness (QED) is 0.918. The highest BCUT2D eigenvalue weighted by molar-refractivity contribution is 7.13. The van der Waals surface area contributed by atoms with Crippen LogP contribution in [-0.2, 0) is 5.54 Å². The summed E-state index contributed by atoms with van der Waals surface area (Å²) in [6.07, 6.45) is 0. The Balaban J connectivity index is 2.41. The monoisotopic (exact) mass is 262 g/mol. The minimum absolute atomic E-state index is 0.114. The number of aromatic nitrogens is 1. The summed E-state index contributed by atoms with van der Waals surface area (Å²) in [6, 6.07) is 7.96. The van der Waals surface area contributed by atoms with Crippen LogP contribution in [0, 0.1) is 0 Å². The first kappa shape index (κ1) is 13.1. The molecular formula is C14H18N2OS. The predicted octanol–water partition coefficient (Wildman–Crippen LogP) is 3.27. The molecule has 0 unspecified atom stereocenters. The van der Waals surface area contributed by atoms with E-state index in [1.807, 2.05) is 31.3 Å². The normalized spacial score (nSPS) is 11.6. The third-order valence-electron chi connectivity index (χ3n) is 3.11. The van der Waals surface area contributed by atoms with Crippen molar-refractivity contribution in [1.29, 1.82) is 0 Å². The van der Waals surface area contributed by atoms with Crippen LogP contribution in [0.15, 0.2) is 29.6 Å². The van der Waals surface area contributed by atoms with Crippen LogP contribution in [0.1, 0.15) is 19.5 Å². The standard InChI is InChI=1S/C14H18N2OS/c1-14(2,15-3)12-9-18-13(16-12)10-7-5-6-8-11(10)17-4/h5-9,15H,1-4H3. The summed E-state index contributed by atoms with van der Waals surface area (Å²) >= 11 is 1.64. The number of methoxy groups -OCH3 is 1. The molecule has 18 heavy (non-hydrogen) atoms. The molecule has 1 aromatic heterocycles. The average molecular weight is 262 g/mol. The number of nitrogens with zero attached hydrogens (tertiary/aromatic N) is 1. The van der Waals surface area contributed by atoms with E-state index < -0.39 is 0 Å². The van der Waals surface area contributed by atoms with Crippen molar-refractivity contribution in [2.24, 2.45) is 0 Å². The highest BCUT2D eigenvalue weighted by atomic mass is 32.1. The van der Waals surface area contributed by atoms with Crippen molar-refractivity contribution in [1.82, 2.24) is 10.3 Å². The SMILES string of the molecule is CNC(C)(C)c1csc(-c2ccccc2OC)n1. The van der Waals surface area contributed by atoms with E-state index in [4.69, 9.17) is 9.72 Å². The molecule has 0 saturated heterocycles. The van der Waals surface area contributed by atoms with Crippen LogP contribution in [0.4, 0.5) is 0 Å². The van der Waals surface area contributed by atoms with Gasteiger partial charge in [-0.1, -0.05) is 12.1 Å². The van der Waals surface area contributed by atoms with E-state index in [-0.39, 0.29) is 5.54 Å². The molecule has 0 bridgehead atoms. The van der Waals surface area contributed by atoms with Crippen LogP contribution < -0.4 is 10.1 Å². The molecule has 0 aliphatic heterocycles. The zero-order valence-electron chi connectivity index (χ0n) is 11.2. The van der Waals surface area contributed by atoms with Crippen molar-refractivity contribution in [2.75, 3.05) is 14.2 Å². The van der Waals surface area contributed by atoms with Gasteiger partial charge in [0.25, 0.3) is 0 Å². The van der Waals surface area contributed by atoms with Gasteiger partial charge in [-0.05, 0) is 33.0 Å². The van der Waals surface area contributed by atoms with Gasteiger partial charge < -0.3 is 10.1 Å². The lowest BCUT2D eigenvalue weighted by molar-refractivity contribution is 0.416. The van der Waals surface area contributed by atoms with E-state index in [9.17, 15) is 0 Å². The summed E-state index contributed by atoms with van der Waals surface area (Å²) in [5.41, 5.74) is 1.98. The van der Waals surface area contributed by atoms with Gasteiger partial charge in [0.1, 0.15) is 10.8 Å². The van der Waals surface area contributed by atoms with Crippen molar-refractivity contribution < 1.29 is 4.74 Å². The van der Waals surface area contributed by atoms with Crippen LogP contribution in [0.2, 0.25) is 0 Å². The van der Waals surface area contributed by atoms with Gasteiger partial charge in [-0.15, -0.1) is 11.3 Å². The van der Waals surface area contributed by atoms with Gasteiger partial charge >= 0.3 is 0 Å². The first-order valence-corrected chi connectivity index (χ1v) is 6.75. The maximum atomic E-state index is 5.37. The lowest BCUT2D eigenvalue weighted by Crippen LogP contribution is -2.33. The van der Waals surface area contributed by atoms with Gasteiger partial charge in [0.05, 0.1) is 23.9 Å². The lowest BCUT2D eigenvalue weighted by atomic mass is 10.0. The Hall–Kier alpha value is -1.39. The number of hydrogen-bond donors (Lipinski definition) is 1. The van der Waals surface area contributed by atoms with Crippen molar-refractivity contribution in [3.05, 3.63) is 35.3 Å². The van der Waals surface area contributed by atoms with E-state index in [0.717, 1.165) is 22.0 Å². The first-order valence-electron chi connectivity index (χ1n) is 5.87. The van der Waals surface area contributed by atoms with E-state index in [1.54, 1.807) is 18.4 Å². The molecule has 0 fully saturated rings. The smallest absolute Gasteiger partial charge is 0.129 e. The molecule has 4 heteroatoms. The second-order valence-electron chi connectivity index (χ2n) is 4.61. The predicted molar refractivity (Wildman–Crippen MR) is 76.2 cm³/mol. The number of ether oxygens (including phenoxy) is 1. The highest BCUT2D eigenvalue weighted by Crippen LogP contribution is 2.33. The summed E-state index contributed by atoms with van der Waals surface area (Å²) in [4.78, 5) is 4.71. The van der Waals surface area contributed by atoms with Gasteiger partial charge in [0.2, 0.25) is 0 Å². The van der Waals surface area contributed by atoms with Crippen LogP contribution in [0.3, 0.4) is 0 Å². The van der Waals surface area contributed by atoms with Gasteiger partial charge in [0, 0.05) is 5.38 Å². The fourth-order valence-corrected chi connectivity index (χ4v) is 2.65. The number of hydrogen-bond acceptors (Lipinski definition) is 4. The number of para-hydroxylation sites is 1. The number of benzene rings is 1. The van der Waals surface area contributed by atoms with Gasteiger partial charge in [-0.2, -0.15) is 0 Å². The third-order valence-corrected chi connectivity index (χ3v) is 3.98. The van der Waals surface area contributed by atoms with E-state index in [2.05, 4.69) is 24.5 Å². The molecule has 2 aromatic rings. The molecule has 1 aromatic carbocycles. The van der Waals surface area contributed by atoms with E-state index >= 15 is 0 Å². The summed E-state index contributed by atoms with van der Waals surface area (Å²) < 4.78 is 5.37. The molecule has 0 aliphatic carbocycles. The minimum atomic E-state index is -0.114. The molecule has 0 atom stereocenters. The van der Waals surface area contributed by atoms with Gasteiger partial charge in [0.15, 0.2) is 0 Å². The molecule has 0 saturated carbocycles. The maximum absolute atomic E-state index is 5.37. The number of thiazole rings is 1. The topological polar surface area (TPSA) is 34.1 Å². The second kappa shape index (κ2) is 5.08. The first-order chi connectivity index (χ1) is 8.58. The Kier molecular flexibility index (Phi) is 3.68. The van der Waals surface area contributed by atoms with Crippen LogP contribution >= 0.6 is 11.3 Å². The van der Waals surface area contributed by atoms with Crippen molar-refractivity contribution in [3.8, 4) is 16.3 Å². The summed E-state index contributed by atoms with van der Waals surface area (Å²) in [5.74, 6) is 0.862. The fourth-order valence-electron chi connectivity index (χ4n) is 1.63. The van der Waals surface area contributed by atoms with E-state index in [1.165, 1.54) is 0 Å². The molecule has 0 radical (unpaired) electrons. The fraction of sp³-hybridized carbons (Fsp3) is 0.357. The third kappa shape index (κ3) is 2.40. The van der Waals surface area contributed by atoms with Crippen molar-refractivity contribution in [2.45, 2.75) is 19.4 Å². The molecule has 1 N–H and O–H groups in total. The zero-order valence-corrected chi connectivity index (χ0v) is 12.0. The summed E-state index contributed by atoms with van der Waals surface area (Å²) in [6.45, 7) is 4.24. The number of rotatable bonds is 4. The maximum Gasteiger partial charge on any atom is 0.129 e. The lowest BCUT2D eigenvalue weighted by Gasteiger charge is -2.21. The molecule has 2 rings (SSSR count). The van der Waals surface area contributed by atoms with Gasteiger partial charge in [-0.3, -0.25) is 0 Å².